The summed E-state index contributed by atoms with van der Waals surface area (Å²) in [5.74, 6) is 0.675. The van der Waals surface area contributed by atoms with Crippen molar-refractivity contribution in [3.63, 3.8) is 0 Å². The van der Waals surface area contributed by atoms with Gasteiger partial charge in [0.1, 0.15) is 5.75 Å². The lowest BCUT2D eigenvalue weighted by Crippen LogP contribution is -2.08. The Balaban J connectivity index is 2.74. The summed E-state index contributed by atoms with van der Waals surface area (Å²) in [6, 6.07) is 6.85. The molecule has 0 spiro atoms. The second-order valence-electron chi connectivity index (χ2n) is 3.27. The largest absolute Gasteiger partial charge is 0.497 e. The Morgan fingerprint density at radius 1 is 1.40 bits per heavy atom. The van der Waals surface area contributed by atoms with E-state index in [4.69, 9.17) is 10.5 Å². The number of aromatic nitrogens is 1. The Morgan fingerprint density at radius 2 is 2.20 bits per heavy atom. The molecule has 0 aliphatic rings. The number of ether oxygens (including phenoxy) is 1. The van der Waals surface area contributed by atoms with Gasteiger partial charge < -0.3 is 15.5 Å². The number of pyridine rings is 1. The van der Waals surface area contributed by atoms with E-state index in [1.54, 1.807) is 19.2 Å². The van der Waals surface area contributed by atoms with E-state index in [0.29, 0.717) is 17.7 Å². The fourth-order valence-electron chi connectivity index (χ4n) is 1.52. The van der Waals surface area contributed by atoms with Gasteiger partial charge in [0.15, 0.2) is 5.43 Å². The summed E-state index contributed by atoms with van der Waals surface area (Å²) in [4.78, 5) is 14.8. The molecule has 0 unspecified atom stereocenters. The minimum absolute atomic E-state index is 0.0388. The third kappa shape index (κ3) is 1.71. The normalized spacial score (nSPS) is 10.5. The third-order valence-electron chi connectivity index (χ3n) is 2.31. The van der Waals surface area contributed by atoms with Crippen LogP contribution in [0.1, 0.15) is 5.69 Å². The first kappa shape index (κ1) is 9.73. The molecule has 0 atom stereocenters. The van der Waals surface area contributed by atoms with Gasteiger partial charge in [-0.15, -0.1) is 0 Å². The van der Waals surface area contributed by atoms with Crippen molar-refractivity contribution >= 4 is 10.9 Å². The number of methoxy groups -OCH3 is 1. The first-order chi connectivity index (χ1) is 7.24. The molecular weight excluding hydrogens is 192 g/mol. The Bertz CT molecular complexity index is 546. The van der Waals surface area contributed by atoms with Crippen molar-refractivity contribution in [3.8, 4) is 5.75 Å². The zero-order valence-corrected chi connectivity index (χ0v) is 8.41. The van der Waals surface area contributed by atoms with Crippen molar-refractivity contribution in [2.45, 2.75) is 6.54 Å². The number of nitrogens with two attached hydrogens (primary N) is 1. The van der Waals surface area contributed by atoms with Gasteiger partial charge >= 0.3 is 0 Å². The maximum absolute atomic E-state index is 11.7. The predicted molar refractivity (Wildman–Crippen MR) is 59.0 cm³/mol. The van der Waals surface area contributed by atoms with Crippen LogP contribution >= 0.6 is 0 Å². The van der Waals surface area contributed by atoms with Gasteiger partial charge in [0.2, 0.25) is 0 Å². The van der Waals surface area contributed by atoms with Crippen molar-refractivity contribution in [2.75, 3.05) is 7.11 Å². The first-order valence-corrected chi connectivity index (χ1v) is 4.64. The van der Waals surface area contributed by atoms with Crippen LogP contribution in [0, 0.1) is 0 Å². The molecule has 2 aromatic rings. The fourth-order valence-corrected chi connectivity index (χ4v) is 1.52. The smallest absolute Gasteiger partial charge is 0.189 e. The number of aromatic amines is 1. The van der Waals surface area contributed by atoms with Gasteiger partial charge in [0, 0.05) is 29.2 Å². The molecule has 0 bridgehead atoms. The third-order valence-corrected chi connectivity index (χ3v) is 2.31. The zero-order chi connectivity index (χ0) is 10.8. The highest BCUT2D eigenvalue weighted by Gasteiger charge is 2.02. The molecule has 2 rings (SSSR count). The standard InChI is InChI=1S/C11H12N2O2/c1-15-8-2-3-10-9(5-8)11(14)4-7(6-12)13-10/h2-5H,6,12H2,1H3,(H,13,14). The molecule has 0 aliphatic carbocycles. The van der Waals surface area contributed by atoms with Gasteiger partial charge in [-0.1, -0.05) is 0 Å². The minimum Gasteiger partial charge on any atom is -0.497 e. The molecule has 4 nitrogen and oxygen atoms in total. The van der Waals surface area contributed by atoms with Crippen molar-refractivity contribution in [1.29, 1.82) is 0 Å². The molecular formula is C11H12N2O2. The molecule has 4 heteroatoms. The molecule has 0 saturated carbocycles. The number of hydrogen-bond donors (Lipinski definition) is 2. The van der Waals surface area contributed by atoms with E-state index in [-0.39, 0.29) is 5.43 Å². The molecule has 1 heterocycles. The van der Waals surface area contributed by atoms with Crippen LogP contribution in [0.5, 0.6) is 5.75 Å². The van der Waals surface area contributed by atoms with Gasteiger partial charge in [-0.05, 0) is 18.2 Å². The lowest BCUT2D eigenvalue weighted by molar-refractivity contribution is 0.415. The Kier molecular flexibility index (Phi) is 2.43. The summed E-state index contributed by atoms with van der Waals surface area (Å²) < 4.78 is 5.06. The Morgan fingerprint density at radius 3 is 2.87 bits per heavy atom. The SMILES string of the molecule is COc1ccc2[nH]c(CN)cc(=O)c2c1. The van der Waals surface area contributed by atoms with Crippen LogP contribution in [0.3, 0.4) is 0 Å². The maximum atomic E-state index is 11.7. The average molecular weight is 204 g/mol. The second-order valence-corrected chi connectivity index (χ2v) is 3.27. The van der Waals surface area contributed by atoms with E-state index in [1.807, 2.05) is 6.07 Å². The van der Waals surface area contributed by atoms with Crippen LogP contribution in [0.2, 0.25) is 0 Å². The number of benzene rings is 1. The van der Waals surface area contributed by atoms with Crippen LogP contribution in [0.15, 0.2) is 29.1 Å². The number of nitrogens with one attached hydrogen (secondary N) is 1. The second kappa shape index (κ2) is 3.74. The van der Waals surface area contributed by atoms with E-state index in [1.165, 1.54) is 6.07 Å². The molecule has 3 N–H and O–H groups in total. The summed E-state index contributed by atoms with van der Waals surface area (Å²) in [7, 11) is 1.57. The molecule has 1 aromatic carbocycles. The van der Waals surface area contributed by atoms with Crippen LogP contribution in [0.25, 0.3) is 10.9 Å². The Hall–Kier alpha value is -1.81. The van der Waals surface area contributed by atoms with Gasteiger partial charge in [-0.25, -0.2) is 0 Å². The molecule has 0 aliphatic heterocycles. The van der Waals surface area contributed by atoms with E-state index in [2.05, 4.69) is 4.98 Å². The molecule has 15 heavy (non-hydrogen) atoms. The molecule has 0 fully saturated rings. The van der Waals surface area contributed by atoms with Crippen molar-refractivity contribution < 1.29 is 4.74 Å². The molecule has 0 saturated heterocycles. The van der Waals surface area contributed by atoms with Gasteiger partial charge in [0.25, 0.3) is 0 Å². The number of rotatable bonds is 2. The van der Waals surface area contributed by atoms with Crippen LogP contribution in [-0.4, -0.2) is 12.1 Å². The average Bonchev–Trinajstić information content (AvgIpc) is 2.28. The van der Waals surface area contributed by atoms with E-state index >= 15 is 0 Å². The van der Waals surface area contributed by atoms with E-state index in [0.717, 1.165) is 11.2 Å². The highest BCUT2D eigenvalue weighted by Crippen LogP contribution is 2.16. The molecule has 78 valence electrons. The highest BCUT2D eigenvalue weighted by atomic mass is 16.5. The van der Waals surface area contributed by atoms with Crippen LogP contribution in [-0.2, 0) is 6.54 Å². The fraction of sp³-hybridized carbons (Fsp3) is 0.182. The van der Waals surface area contributed by atoms with Gasteiger partial charge in [-0.3, -0.25) is 4.79 Å². The number of hydrogen-bond acceptors (Lipinski definition) is 3. The van der Waals surface area contributed by atoms with Crippen molar-refractivity contribution in [3.05, 3.63) is 40.2 Å². The molecule has 0 amide bonds. The van der Waals surface area contributed by atoms with Crippen LogP contribution in [0.4, 0.5) is 0 Å². The number of H-pyrrole nitrogens is 1. The topological polar surface area (TPSA) is 68.1 Å². The summed E-state index contributed by atoms with van der Waals surface area (Å²) >= 11 is 0. The summed E-state index contributed by atoms with van der Waals surface area (Å²) in [6.45, 7) is 0.331. The molecule has 1 aromatic heterocycles. The maximum Gasteiger partial charge on any atom is 0.189 e. The highest BCUT2D eigenvalue weighted by molar-refractivity contribution is 5.80. The van der Waals surface area contributed by atoms with Crippen molar-refractivity contribution in [1.82, 2.24) is 4.98 Å². The zero-order valence-electron chi connectivity index (χ0n) is 8.41. The first-order valence-electron chi connectivity index (χ1n) is 4.64. The quantitative estimate of drug-likeness (QED) is 0.766. The molecule has 0 radical (unpaired) electrons. The van der Waals surface area contributed by atoms with Gasteiger partial charge in [0.05, 0.1) is 7.11 Å². The summed E-state index contributed by atoms with van der Waals surface area (Å²) in [5.41, 5.74) is 6.95. The number of fused-ring (bicyclic) bond motifs is 1. The lowest BCUT2D eigenvalue weighted by atomic mass is 10.2. The van der Waals surface area contributed by atoms with E-state index in [9.17, 15) is 4.79 Å². The monoisotopic (exact) mass is 204 g/mol. The minimum atomic E-state index is -0.0388. The summed E-state index contributed by atoms with van der Waals surface area (Å²) in [5, 5.41) is 0.617. The van der Waals surface area contributed by atoms with Gasteiger partial charge in [-0.2, -0.15) is 0 Å². The Labute approximate surface area is 86.7 Å². The lowest BCUT2D eigenvalue weighted by Gasteiger charge is -2.04. The van der Waals surface area contributed by atoms with E-state index < -0.39 is 0 Å². The van der Waals surface area contributed by atoms with Crippen molar-refractivity contribution in [2.24, 2.45) is 5.73 Å². The van der Waals surface area contributed by atoms with Crippen LogP contribution < -0.4 is 15.9 Å². The predicted octanol–water partition coefficient (Wildman–Crippen LogP) is 0.995. The summed E-state index contributed by atoms with van der Waals surface area (Å²) in [6.07, 6.45) is 0.